The first-order valence-corrected chi connectivity index (χ1v) is 10.2. The number of carbonyl (C=O) groups excluding carboxylic acids is 2. The molecule has 1 N–H and O–H groups in total. The van der Waals surface area contributed by atoms with Gasteiger partial charge in [0.15, 0.2) is 0 Å². The smallest absolute Gasteiger partial charge is 0.224 e. The van der Waals surface area contributed by atoms with E-state index in [0.29, 0.717) is 6.54 Å². The lowest BCUT2D eigenvalue weighted by Gasteiger charge is -2.17. The minimum Gasteiger partial charge on any atom is -0.341 e. The third kappa shape index (κ3) is 4.20. The van der Waals surface area contributed by atoms with E-state index in [1.165, 1.54) is 29.3 Å². The van der Waals surface area contributed by atoms with Gasteiger partial charge in [-0.15, -0.1) is 0 Å². The Labute approximate surface area is 167 Å². The highest BCUT2D eigenvalue weighted by atomic mass is 32.1. The fraction of sp³-hybridized carbons (Fsp3) is 0.333. The molecule has 0 bridgehead atoms. The molecule has 0 spiro atoms. The molecular formula is C21H22N4O2S. The normalized spacial score (nSPS) is 12.8. The number of anilines is 1. The predicted molar refractivity (Wildman–Crippen MR) is 110 cm³/mol. The van der Waals surface area contributed by atoms with Crippen molar-refractivity contribution in [2.45, 2.75) is 38.6 Å². The Hall–Kier alpha value is -2.80. The molecular weight excluding hydrogens is 372 g/mol. The summed E-state index contributed by atoms with van der Waals surface area (Å²) in [5, 5.41) is 2.91. The van der Waals surface area contributed by atoms with Gasteiger partial charge in [0.25, 0.3) is 0 Å². The van der Waals surface area contributed by atoms with E-state index < -0.39 is 0 Å². The van der Waals surface area contributed by atoms with Crippen molar-refractivity contribution in [1.82, 2.24) is 13.6 Å². The molecule has 144 valence electrons. The van der Waals surface area contributed by atoms with Gasteiger partial charge in [-0.25, -0.2) is 0 Å². The molecule has 1 aliphatic carbocycles. The lowest BCUT2D eigenvalue weighted by molar-refractivity contribution is -0.132. The van der Waals surface area contributed by atoms with Crippen LogP contribution in [0, 0.1) is 0 Å². The second kappa shape index (κ2) is 8.06. The Morgan fingerprint density at radius 3 is 2.75 bits per heavy atom. The van der Waals surface area contributed by atoms with E-state index in [1.54, 1.807) is 11.9 Å². The Kier molecular flexibility index (Phi) is 5.34. The molecule has 2 amide bonds. The summed E-state index contributed by atoms with van der Waals surface area (Å²) < 4.78 is 8.41. The lowest BCUT2D eigenvalue weighted by Crippen LogP contribution is -2.27. The van der Waals surface area contributed by atoms with E-state index in [4.69, 9.17) is 0 Å². The molecule has 0 saturated carbocycles. The van der Waals surface area contributed by atoms with Crippen LogP contribution in [0.5, 0.6) is 0 Å². The molecule has 0 aliphatic heterocycles. The summed E-state index contributed by atoms with van der Waals surface area (Å²) in [6.07, 6.45) is 3.74. The van der Waals surface area contributed by atoms with E-state index >= 15 is 0 Å². The van der Waals surface area contributed by atoms with Gasteiger partial charge in [0.1, 0.15) is 11.0 Å². The second-order valence-corrected chi connectivity index (χ2v) is 7.75. The van der Waals surface area contributed by atoms with Crippen molar-refractivity contribution in [1.29, 1.82) is 0 Å². The third-order valence-corrected chi connectivity index (χ3v) is 5.67. The second-order valence-electron chi connectivity index (χ2n) is 7.22. The largest absolute Gasteiger partial charge is 0.341 e. The molecule has 1 aliphatic rings. The molecule has 0 unspecified atom stereocenters. The number of carbonyl (C=O) groups is 2. The van der Waals surface area contributed by atoms with Crippen molar-refractivity contribution in [3.05, 3.63) is 53.1 Å². The fourth-order valence-corrected chi connectivity index (χ4v) is 4.09. The zero-order chi connectivity index (χ0) is 19.5. The van der Waals surface area contributed by atoms with Crippen molar-refractivity contribution in [3.63, 3.8) is 0 Å². The lowest BCUT2D eigenvalue weighted by atomic mass is 10.1. The van der Waals surface area contributed by atoms with Crippen LogP contribution in [0.4, 0.5) is 5.69 Å². The topological polar surface area (TPSA) is 75.2 Å². The molecule has 0 radical (unpaired) electrons. The van der Waals surface area contributed by atoms with Gasteiger partial charge in [0.2, 0.25) is 11.8 Å². The number of fused-ring (bicyclic) bond motifs is 2. The summed E-state index contributed by atoms with van der Waals surface area (Å²) in [7, 11) is 1.75. The molecule has 7 heteroatoms. The molecule has 28 heavy (non-hydrogen) atoms. The fourth-order valence-electron chi connectivity index (χ4n) is 3.57. The van der Waals surface area contributed by atoms with Gasteiger partial charge >= 0.3 is 0 Å². The van der Waals surface area contributed by atoms with E-state index in [0.717, 1.165) is 35.1 Å². The van der Waals surface area contributed by atoms with Crippen molar-refractivity contribution in [2.24, 2.45) is 0 Å². The van der Waals surface area contributed by atoms with Crippen LogP contribution in [0.1, 0.15) is 36.0 Å². The van der Waals surface area contributed by atoms with Crippen LogP contribution >= 0.6 is 11.7 Å². The van der Waals surface area contributed by atoms with Gasteiger partial charge in [-0.2, -0.15) is 8.75 Å². The van der Waals surface area contributed by atoms with Crippen LogP contribution in [0.2, 0.25) is 0 Å². The van der Waals surface area contributed by atoms with Crippen LogP contribution < -0.4 is 5.32 Å². The number of aromatic nitrogens is 2. The minimum atomic E-state index is -0.130. The summed E-state index contributed by atoms with van der Waals surface area (Å²) in [5.41, 5.74) is 6.22. The Morgan fingerprint density at radius 1 is 1.04 bits per heavy atom. The van der Waals surface area contributed by atoms with Crippen LogP contribution in [0.25, 0.3) is 11.0 Å². The van der Waals surface area contributed by atoms with Gasteiger partial charge in [0, 0.05) is 32.1 Å². The van der Waals surface area contributed by atoms with Crippen molar-refractivity contribution in [2.75, 3.05) is 12.4 Å². The van der Waals surface area contributed by atoms with E-state index in [9.17, 15) is 9.59 Å². The number of amides is 2. The zero-order valence-corrected chi connectivity index (χ0v) is 16.6. The standard InChI is InChI=1S/C21H22N4O2S/c1-25(13-14-5-8-18-19(11-14)24-28-23-18)21(27)10-9-20(26)22-17-7-6-15-3-2-4-16(15)12-17/h5-8,11-12H,2-4,9-10,13H2,1H3,(H,22,26). The Balaban J connectivity index is 1.27. The molecule has 1 aromatic heterocycles. The first-order valence-electron chi connectivity index (χ1n) is 9.45. The van der Waals surface area contributed by atoms with Gasteiger partial charge in [-0.3, -0.25) is 9.59 Å². The molecule has 1 heterocycles. The molecule has 2 aromatic carbocycles. The van der Waals surface area contributed by atoms with Crippen LogP contribution in [-0.4, -0.2) is 32.5 Å². The monoisotopic (exact) mass is 394 g/mol. The maximum atomic E-state index is 12.4. The summed E-state index contributed by atoms with van der Waals surface area (Å²) in [5.74, 6) is -0.185. The Morgan fingerprint density at radius 2 is 1.86 bits per heavy atom. The van der Waals surface area contributed by atoms with Crippen LogP contribution in [0.15, 0.2) is 36.4 Å². The molecule has 4 rings (SSSR count). The first kappa shape index (κ1) is 18.6. The maximum absolute atomic E-state index is 12.4. The molecule has 6 nitrogen and oxygen atoms in total. The zero-order valence-electron chi connectivity index (χ0n) is 15.8. The Bertz CT molecular complexity index is 1030. The minimum absolute atomic E-state index is 0.0550. The highest BCUT2D eigenvalue weighted by molar-refractivity contribution is 7.00. The van der Waals surface area contributed by atoms with Gasteiger partial charge in [-0.1, -0.05) is 12.1 Å². The summed E-state index contributed by atoms with van der Waals surface area (Å²) in [6.45, 7) is 0.485. The molecule has 0 atom stereocenters. The first-order chi connectivity index (χ1) is 13.6. The van der Waals surface area contributed by atoms with E-state index in [2.05, 4.69) is 26.2 Å². The van der Waals surface area contributed by atoms with Gasteiger partial charge < -0.3 is 10.2 Å². The number of nitrogens with zero attached hydrogens (tertiary/aromatic N) is 3. The van der Waals surface area contributed by atoms with Crippen molar-refractivity contribution in [3.8, 4) is 0 Å². The molecule has 3 aromatic rings. The SMILES string of the molecule is CN(Cc1ccc2nsnc2c1)C(=O)CCC(=O)Nc1ccc2c(c1)CCC2. The summed E-state index contributed by atoms with van der Waals surface area (Å²) in [4.78, 5) is 26.3. The predicted octanol–water partition coefficient (Wildman–Crippen LogP) is 3.56. The van der Waals surface area contributed by atoms with Gasteiger partial charge in [0.05, 0.1) is 11.7 Å². The van der Waals surface area contributed by atoms with Crippen molar-refractivity contribution < 1.29 is 9.59 Å². The van der Waals surface area contributed by atoms with Crippen molar-refractivity contribution >= 4 is 40.3 Å². The highest BCUT2D eigenvalue weighted by Gasteiger charge is 2.14. The maximum Gasteiger partial charge on any atom is 0.224 e. The number of benzene rings is 2. The summed E-state index contributed by atoms with van der Waals surface area (Å²) in [6, 6.07) is 11.9. The number of hydrogen-bond acceptors (Lipinski definition) is 5. The molecule has 0 saturated heterocycles. The average molecular weight is 395 g/mol. The molecule has 0 fully saturated rings. The van der Waals surface area contributed by atoms with E-state index in [1.807, 2.05) is 24.3 Å². The quantitative estimate of drug-likeness (QED) is 0.694. The number of aryl methyl sites for hydroxylation is 2. The summed E-state index contributed by atoms with van der Waals surface area (Å²) >= 11 is 1.18. The number of rotatable bonds is 6. The highest BCUT2D eigenvalue weighted by Crippen LogP contribution is 2.25. The number of hydrogen-bond donors (Lipinski definition) is 1. The van der Waals surface area contributed by atoms with Crippen LogP contribution in [0.3, 0.4) is 0 Å². The average Bonchev–Trinajstić information content (AvgIpc) is 3.34. The third-order valence-electron chi connectivity index (χ3n) is 5.11. The van der Waals surface area contributed by atoms with Crippen LogP contribution in [-0.2, 0) is 29.0 Å². The number of nitrogens with one attached hydrogen (secondary N) is 1. The van der Waals surface area contributed by atoms with Gasteiger partial charge in [-0.05, 0) is 60.2 Å². The van der Waals surface area contributed by atoms with E-state index in [-0.39, 0.29) is 24.7 Å².